The van der Waals surface area contributed by atoms with Crippen LogP contribution in [0.2, 0.25) is 10.2 Å². The van der Waals surface area contributed by atoms with Crippen molar-refractivity contribution >= 4 is 51.1 Å². The number of aldehydes is 1. The Hall–Kier alpha value is -0.580. The highest BCUT2D eigenvalue weighted by molar-refractivity contribution is 9.10. The Balaban J connectivity index is 2.94. The van der Waals surface area contributed by atoms with E-state index >= 15 is 0 Å². The summed E-state index contributed by atoms with van der Waals surface area (Å²) < 4.78 is 2.24. The van der Waals surface area contributed by atoms with E-state index in [-0.39, 0.29) is 5.15 Å². The van der Waals surface area contributed by atoms with Crippen molar-refractivity contribution in [2.45, 2.75) is 0 Å². The van der Waals surface area contributed by atoms with Crippen LogP contribution in [0, 0.1) is 0 Å². The summed E-state index contributed by atoms with van der Waals surface area (Å²) in [6.45, 7) is 0. The number of nitrogens with zero attached hydrogens (tertiary/aromatic N) is 2. The first-order valence-electron chi connectivity index (χ1n) is 3.61. The molecule has 0 bridgehead atoms. The van der Waals surface area contributed by atoms with Crippen molar-refractivity contribution < 1.29 is 4.79 Å². The number of aromatic nitrogens is 2. The standard InChI is InChI=1S/C8H3BrCl2N2O/c9-5-1-4(10)2-13-6(3-14)7(11)12-8(5)13/h1-3H. The van der Waals surface area contributed by atoms with Crippen LogP contribution in [0.25, 0.3) is 5.65 Å². The number of carbonyl (C=O) groups excluding carboxylic acids is 1. The molecule has 0 aliphatic heterocycles. The van der Waals surface area contributed by atoms with Gasteiger partial charge >= 0.3 is 0 Å². The SMILES string of the molecule is O=Cc1c(Cl)nc2c(Br)cc(Cl)cn12. The molecule has 0 fully saturated rings. The van der Waals surface area contributed by atoms with Crippen molar-refractivity contribution in [3.8, 4) is 0 Å². The van der Waals surface area contributed by atoms with Gasteiger partial charge in [-0.2, -0.15) is 0 Å². The van der Waals surface area contributed by atoms with Crippen LogP contribution in [0.3, 0.4) is 0 Å². The van der Waals surface area contributed by atoms with E-state index in [1.807, 2.05) is 0 Å². The first kappa shape index (κ1) is 9.96. The van der Waals surface area contributed by atoms with Crippen LogP contribution in [-0.4, -0.2) is 15.7 Å². The summed E-state index contributed by atoms with van der Waals surface area (Å²) in [7, 11) is 0. The van der Waals surface area contributed by atoms with Gasteiger partial charge < -0.3 is 0 Å². The third kappa shape index (κ3) is 1.43. The maximum atomic E-state index is 10.7. The molecule has 2 rings (SSSR count). The molecule has 0 N–H and O–H groups in total. The van der Waals surface area contributed by atoms with Crippen LogP contribution < -0.4 is 0 Å². The van der Waals surface area contributed by atoms with E-state index in [0.29, 0.717) is 27.1 Å². The lowest BCUT2D eigenvalue weighted by molar-refractivity contribution is 0.111. The number of pyridine rings is 1. The quantitative estimate of drug-likeness (QED) is 0.757. The number of imidazole rings is 1. The molecule has 2 heterocycles. The molecule has 0 aliphatic carbocycles. The zero-order valence-electron chi connectivity index (χ0n) is 6.67. The monoisotopic (exact) mass is 292 g/mol. The Morgan fingerprint density at radius 1 is 1.50 bits per heavy atom. The first-order chi connectivity index (χ1) is 6.63. The molecule has 0 aliphatic rings. The third-order valence-electron chi connectivity index (χ3n) is 1.75. The van der Waals surface area contributed by atoms with Crippen molar-refractivity contribution in [2.24, 2.45) is 0 Å². The lowest BCUT2D eigenvalue weighted by atomic mass is 10.4. The van der Waals surface area contributed by atoms with Gasteiger partial charge in [-0.3, -0.25) is 9.20 Å². The number of rotatable bonds is 1. The predicted molar refractivity (Wildman–Crippen MR) is 58.3 cm³/mol. The molecule has 2 aromatic heterocycles. The summed E-state index contributed by atoms with van der Waals surface area (Å²) >= 11 is 14.9. The Morgan fingerprint density at radius 3 is 2.86 bits per heavy atom. The van der Waals surface area contributed by atoms with E-state index in [2.05, 4.69) is 20.9 Å². The van der Waals surface area contributed by atoms with E-state index in [4.69, 9.17) is 23.2 Å². The molecular weight excluding hydrogens is 291 g/mol. The van der Waals surface area contributed by atoms with Gasteiger partial charge in [-0.05, 0) is 22.0 Å². The van der Waals surface area contributed by atoms with Crippen molar-refractivity contribution in [3.05, 3.63) is 32.6 Å². The van der Waals surface area contributed by atoms with Crippen LogP contribution in [0.5, 0.6) is 0 Å². The fraction of sp³-hybridized carbons (Fsp3) is 0. The van der Waals surface area contributed by atoms with Gasteiger partial charge in [-0.15, -0.1) is 0 Å². The zero-order valence-corrected chi connectivity index (χ0v) is 9.77. The smallest absolute Gasteiger partial charge is 0.170 e. The van der Waals surface area contributed by atoms with Gasteiger partial charge in [0.05, 0.1) is 9.50 Å². The summed E-state index contributed by atoms with van der Waals surface area (Å²) in [6.07, 6.45) is 2.23. The van der Waals surface area contributed by atoms with Crippen LogP contribution in [0.15, 0.2) is 16.7 Å². The molecule has 2 aromatic rings. The molecule has 0 atom stereocenters. The van der Waals surface area contributed by atoms with Gasteiger partial charge in [0.15, 0.2) is 17.1 Å². The van der Waals surface area contributed by atoms with E-state index in [1.54, 1.807) is 16.7 Å². The molecule has 0 saturated heterocycles. The number of hydrogen-bond acceptors (Lipinski definition) is 2. The van der Waals surface area contributed by atoms with Gasteiger partial charge in [-0.25, -0.2) is 4.98 Å². The van der Waals surface area contributed by atoms with Gasteiger partial charge in [-0.1, -0.05) is 23.2 Å². The van der Waals surface area contributed by atoms with E-state index < -0.39 is 0 Å². The molecule has 0 amide bonds. The topological polar surface area (TPSA) is 34.4 Å². The van der Waals surface area contributed by atoms with E-state index in [9.17, 15) is 4.79 Å². The summed E-state index contributed by atoms with van der Waals surface area (Å²) in [5.41, 5.74) is 0.867. The Bertz CT molecular complexity index is 524. The molecule has 0 spiro atoms. The summed E-state index contributed by atoms with van der Waals surface area (Å²) in [6, 6.07) is 1.69. The number of halogens is 3. The van der Waals surface area contributed by atoms with Crippen LogP contribution >= 0.6 is 39.1 Å². The summed E-state index contributed by atoms with van der Waals surface area (Å²) in [5.74, 6) is 0. The largest absolute Gasteiger partial charge is 0.296 e. The fourth-order valence-electron chi connectivity index (χ4n) is 1.17. The lowest BCUT2D eigenvalue weighted by Gasteiger charge is -1.98. The predicted octanol–water partition coefficient (Wildman–Crippen LogP) is 3.22. The highest BCUT2D eigenvalue weighted by Gasteiger charge is 2.12. The van der Waals surface area contributed by atoms with Crippen molar-refractivity contribution in [1.29, 1.82) is 0 Å². The van der Waals surface area contributed by atoms with Gasteiger partial charge in [0.2, 0.25) is 0 Å². The van der Waals surface area contributed by atoms with Gasteiger partial charge in [0.25, 0.3) is 0 Å². The fourth-order valence-corrected chi connectivity index (χ4v) is 2.25. The second-order valence-electron chi connectivity index (χ2n) is 2.61. The van der Waals surface area contributed by atoms with Crippen molar-refractivity contribution in [1.82, 2.24) is 9.38 Å². The molecule has 3 nitrogen and oxygen atoms in total. The van der Waals surface area contributed by atoms with E-state index in [0.717, 1.165) is 0 Å². The van der Waals surface area contributed by atoms with Crippen molar-refractivity contribution in [2.75, 3.05) is 0 Å². The second kappa shape index (κ2) is 3.53. The summed E-state index contributed by atoms with van der Waals surface area (Å²) in [4.78, 5) is 14.7. The molecule has 14 heavy (non-hydrogen) atoms. The molecule has 0 saturated carbocycles. The minimum absolute atomic E-state index is 0.169. The Morgan fingerprint density at radius 2 is 2.21 bits per heavy atom. The maximum Gasteiger partial charge on any atom is 0.170 e. The number of carbonyl (C=O) groups is 1. The lowest BCUT2D eigenvalue weighted by Crippen LogP contribution is -1.91. The van der Waals surface area contributed by atoms with Gasteiger partial charge in [0.1, 0.15) is 5.69 Å². The highest BCUT2D eigenvalue weighted by Crippen LogP contribution is 2.25. The minimum atomic E-state index is 0.169. The summed E-state index contributed by atoms with van der Waals surface area (Å²) in [5, 5.41) is 0.671. The molecular formula is C8H3BrCl2N2O. The van der Waals surface area contributed by atoms with E-state index in [1.165, 1.54) is 0 Å². The Kier molecular flexibility index (Phi) is 2.51. The Labute approximate surface area is 97.8 Å². The average molecular weight is 294 g/mol. The number of hydrogen-bond donors (Lipinski definition) is 0. The average Bonchev–Trinajstić information content (AvgIpc) is 2.41. The molecule has 72 valence electrons. The molecule has 6 heteroatoms. The molecule has 0 aromatic carbocycles. The normalized spacial score (nSPS) is 10.8. The first-order valence-corrected chi connectivity index (χ1v) is 5.16. The molecule has 0 radical (unpaired) electrons. The number of fused-ring (bicyclic) bond motifs is 1. The third-order valence-corrected chi connectivity index (χ3v) is 2.81. The minimum Gasteiger partial charge on any atom is -0.296 e. The van der Waals surface area contributed by atoms with Crippen LogP contribution in [0.4, 0.5) is 0 Å². The maximum absolute atomic E-state index is 10.7. The zero-order chi connectivity index (χ0) is 10.3. The van der Waals surface area contributed by atoms with Gasteiger partial charge in [0, 0.05) is 6.20 Å². The van der Waals surface area contributed by atoms with Crippen LogP contribution in [-0.2, 0) is 0 Å². The van der Waals surface area contributed by atoms with Crippen LogP contribution in [0.1, 0.15) is 10.5 Å². The molecule has 0 unspecified atom stereocenters. The highest BCUT2D eigenvalue weighted by atomic mass is 79.9. The second-order valence-corrected chi connectivity index (χ2v) is 4.25. The van der Waals surface area contributed by atoms with Crippen molar-refractivity contribution in [3.63, 3.8) is 0 Å².